The summed E-state index contributed by atoms with van der Waals surface area (Å²) in [6.45, 7) is 1.27. The summed E-state index contributed by atoms with van der Waals surface area (Å²) in [6.07, 6.45) is 0.169. The zero-order valence-electron chi connectivity index (χ0n) is 15.0. The quantitative estimate of drug-likeness (QED) is 0.402. The van der Waals surface area contributed by atoms with E-state index in [9.17, 15) is 24.5 Å². The van der Waals surface area contributed by atoms with Crippen LogP contribution >= 0.6 is 11.8 Å². The van der Waals surface area contributed by atoms with Crippen molar-refractivity contribution in [3.8, 4) is 0 Å². The van der Waals surface area contributed by atoms with E-state index in [1.54, 1.807) is 11.6 Å². The molecule has 148 valence electrons. The lowest BCUT2D eigenvalue weighted by molar-refractivity contribution is -0.387. The number of nitrogens with zero attached hydrogens (tertiary/aromatic N) is 4. The van der Waals surface area contributed by atoms with Gasteiger partial charge in [-0.15, -0.1) is 10.2 Å². The zero-order valence-corrected chi connectivity index (χ0v) is 15.8. The first-order valence-corrected chi connectivity index (χ1v) is 8.58. The van der Waals surface area contributed by atoms with Gasteiger partial charge in [0.05, 0.1) is 15.4 Å². The number of amides is 3. The molecule has 2 aromatic rings. The zero-order chi connectivity index (χ0) is 20.8. The van der Waals surface area contributed by atoms with Crippen molar-refractivity contribution in [2.75, 3.05) is 7.05 Å². The minimum atomic E-state index is -1.28. The van der Waals surface area contributed by atoms with E-state index in [0.717, 1.165) is 17.8 Å². The number of rotatable bonds is 6. The summed E-state index contributed by atoms with van der Waals surface area (Å²) in [5.41, 5.74) is -0.446. The van der Waals surface area contributed by atoms with Crippen molar-refractivity contribution in [3.63, 3.8) is 0 Å². The van der Waals surface area contributed by atoms with E-state index in [4.69, 9.17) is 4.74 Å². The molecule has 0 saturated carbocycles. The molecule has 2 N–H and O–H groups in total. The maximum absolute atomic E-state index is 12.2. The van der Waals surface area contributed by atoms with Gasteiger partial charge in [-0.1, -0.05) is 0 Å². The van der Waals surface area contributed by atoms with Gasteiger partial charge in [-0.05, 0) is 30.8 Å². The lowest BCUT2D eigenvalue weighted by Gasteiger charge is -2.13. The fraction of sp³-hybridized carbons (Fsp3) is 0.267. The van der Waals surface area contributed by atoms with Crippen molar-refractivity contribution in [1.82, 2.24) is 25.4 Å². The molecule has 12 nitrogen and oxygen atoms in total. The average Bonchev–Trinajstić information content (AvgIpc) is 3.06. The second-order valence-electron chi connectivity index (χ2n) is 5.38. The van der Waals surface area contributed by atoms with Gasteiger partial charge in [0.25, 0.3) is 11.6 Å². The van der Waals surface area contributed by atoms with Gasteiger partial charge < -0.3 is 14.6 Å². The molecular weight excluding hydrogens is 392 g/mol. The van der Waals surface area contributed by atoms with Gasteiger partial charge in [0.1, 0.15) is 6.33 Å². The van der Waals surface area contributed by atoms with Gasteiger partial charge in [-0.25, -0.2) is 9.59 Å². The summed E-state index contributed by atoms with van der Waals surface area (Å²) in [5.74, 6) is -1.78. The molecule has 3 amide bonds. The number of nitro groups is 1. The Kier molecular flexibility index (Phi) is 6.65. The lowest BCUT2D eigenvalue weighted by atomic mass is 10.2. The lowest BCUT2D eigenvalue weighted by Crippen LogP contribution is -2.43. The summed E-state index contributed by atoms with van der Waals surface area (Å²) < 4.78 is 6.54. The van der Waals surface area contributed by atoms with Crippen LogP contribution in [0.25, 0.3) is 0 Å². The Labute approximate surface area is 162 Å². The largest absolute Gasteiger partial charge is 0.449 e. The molecule has 0 spiro atoms. The Morgan fingerprint density at radius 1 is 1.36 bits per heavy atom. The highest BCUT2D eigenvalue weighted by Gasteiger charge is 2.24. The van der Waals surface area contributed by atoms with E-state index in [1.807, 2.05) is 5.32 Å². The van der Waals surface area contributed by atoms with E-state index in [0.29, 0.717) is 5.16 Å². The molecule has 1 aromatic carbocycles. The molecule has 0 aliphatic heterocycles. The van der Waals surface area contributed by atoms with E-state index in [-0.39, 0.29) is 16.1 Å². The summed E-state index contributed by atoms with van der Waals surface area (Å²) in [6, 6.07) is 3.00. The van der Waals surface area contributed by atoms with Crippen LogP contribution in [-0.2, 0) is 16.6 Å². The number of benzene rings is 1. The summed E-state index contributed by atoms with van der Waals surface area (Å²) in [7, 11) is 3.00. The van der Waals surface area contributed by atoms with Gasteiger partial charge in [-0.3, -0.25) is 20.2 Å². The van der Waals surface area contributed by atoms with Crippen LogP contribution in [0.4, 0.5) is 10.5 Å². The molecule has 13 heteroatoms. The Morgan fingerprint density at radius 3 is 2.64 bits per heavy atom. The highest BCUT2D eigenvalue weighted by atomic mass is 32.2. The Morgan fingerprint density at radius 2 is 2.07 bits per heavy atom. The number of hydrogen-bond donors (Lipinski definition) is 2. The molecule has 1 heterocycles. The molecule has 0 bridgehead atoms. The predicted molar refractivity (Wildman–Crippen MR) is 95.7 cm³/mol. The van der Waals surface area contributed by atoms with E-state index >= 15 is 0 Å². The van der Waals surface area contributed by atoms with Gasteiger partial charge >= 0.3 is 12.0 Å². The van der Waals surface area contributed by atoms with Crippen molar-refractivity contribution in [3.05, 3.63) is 40.2 Å². The Bertz CT molecular complexity index is 929. The second-order valence-corrected chi connectivity index (χ2v) is 6.39. The van der Waals surface area contributed by atoms with Crippen molar-refractivity contribution in [2.24, 2.45) is 7.05 Å². The summed E-state index contributed by atoms with van der Waals surface area (Å²) in [5, 5.41) is 23.5. The monoisotopic (exact) mass is 408 g/mol. The molecule has 0 aliphatic carbocycles. The van der Waals surface area contributed by atoms with E-state index in [2.05, 4.69) is 15.5 Å². The van der Waals surface area contributed by atoms with Crippen LogP contribution in [0, 0.1) is 10.1 Å². The number of ether oxygens (including phenoxy) is 1. The topological polar surface area (TPSA) is 158 Å². The fourth-order valence-electron chi connectivity index (χ4n) is 1.89. The average molecular weight is 408 g/mol. The number of aryl methyl sites for hydroxylation is 1. The second kappa shape index (κ2) is 8.94. The van der Waals surface area contributed by atoms with Crippen LogP contribution in [0.2, 0.25) is 0 Å². The number of urea groups is 1. The fourth-order valence-corrected chi connectivity index (χ4v) is 2.74. The van der Waals surface area contributed by atoms with Crippen LogP contribution in [-0.4, -0.2) is 50.7 Å². The van der Waals surface area contributed by atoms with Crippen molar-refractivity contribution < 1.29 is 24.0 Å². The molecule has 1 unspecified atom stereocenters. The number of hydrogen-bond acceptors (Lipinski definition) is 9. The molecule has 28 heavy (non-hydrogen) atoms. The van der Waals surface area contributed by atoms with Gasteiger partial charge in [-0.2, -0.15) is 0 Å². The van der Waals surface area contributed by atoms with Crippen LogP contribution < -0.4 is 10.6 Å². The molecule has 0 saturated heterocycles. The highest BCUT2D eigenvalue weighted by molar-refractivity contribution is 7.99. The maximum atomic E-state index is 12.2. The minimum Gasteiger partial charge on any atom is -0.449 e. The number of aromatic nitrogens is 3. The van der Waals surface area contributed by atoms with Crippen LogP contribution in [0.15, 0.2) is 34.6 Å². The number of carbonyl (C=O) groups excluding carboxylic acids is 3. The molecule has 0 aliphatic rings. The molecule has 1 aromatic heterocycles. The molecular formula is C15H16N6O6S. The van der Waals surface area contributed by atoms with Gasteiger partial charge in [0.15, 0.2) is 11.3 Å². The van der Waals surface area contributed by atoms with Crippen LogP contribution in [0.1, 0.15) is 17.3 Å². The van der Waals surface area contributed by atoms with Gasteiger partial charge in [0, 0.05) is 20.2 Å². The van der Waals surface area contributed by atoms with E-state index < -0.39 is 28.9 Å². The molecule has 1 atom stereocenters. The SMILES string of the molecule is CNC(=O)NC(=O)C(C)OC(=O)c1ccc(Sc2nncn2C)c([N+](=O)[O-])c1. The standard InChI is InChI=1S/C15H16N6O6S/c1-8(12(22)18-14(24)16-2)27-13(23)9-4-5-11(10(6-9)21(25)26)28-15-19-17-7-20(15)3/h4-8H,1-3H3,(H2,16,18,22,24). The number of nitro benzene ring substituents is 1. The Hall–Kier alpha value is -3.48. The van der Waals surface area contributed by atoms with Crippen LogP contribution in [0.5, 0.6) is 0 Å². The van der Waals surface area contributed by atoms with Crippen molar-refractivity contribution in [2.45, 2.75) is 23.1 Å². The normalized spacial score (nSPS) is 11.4. The first-order valence-electron chi connectivity index (χ1n) is 7.76. The van der Waals surface area contributed by atoms with Crippen LogP contribution in [0.3, 0.4) is 0 Å². The molecule has 0 radical (unpaired) electrons. The highest BCUT2D eigenvalue weighted by Crippen LogP contribution is 2.34. The molecule has 0 fully saturated rings. The smallest absolute Gasteiger partial charge is 0.339 e. The third kappa shape index (κ3) is 5.03. The third-order valence-electron chi connectivity index (χ3n) is 3.38. The predicted octanol–water partition coefficient (Wildman–Crippen LogP) is 0.875. The van der Waals surface area contributed by atoms with Crippen molar-refractivity contribution >= 4 is 35.4 Å². The summed E-state index contributed by atoms with van der Waals surface area (Å²) >= 11 is 1.01. The number of carbonyl (C=O) groups is 3. The summed E-state index contributed by atoms with van der Waals surface area (Å²) in [4.78, 5) is 46.1. The third-order valence-corrected chi connectivity index (χ3v) is 4.50. The first-order chi connectivity index (χ1) is 13.2. The molecule has 2 rings (SSSR count). The number of imide groups is 1. The first kappa shape index (κ1) is 20.8. The van der Waals surface area contributed by atoms with E-state index in [1.165, 1.54) is 32.4 Å². The number of esters is 1. The van der Waals surface area contributed by atoms with Gasteiger partial charge in [0.2, 0.25) is 0 Å². The van der Waals surface area contributed by atoms with Crippen molar-refractivity contribution in [1.29, 1.82) is 0 Å². The number of nitrogens with one attached hydrogen (secondary N) is 2. The minimum absolute atomic E-state index is 0.117. The maximum Gasteiger partial charge on any atom is 0.339 e. The Balaban J connectivity index is 2.17.